The summed E-state index contributed by atoms with van der Waals surface area (Å²) in [7, 11) is 1.94. The number of hydrogen-bond acceptors (Lipinski definition) is 4. The van der Waals surface area contributed by atoms with Crippen LogP contribution in [0.3, 0.4) is 0 Å². The average molecular weight is 299 g/mol. The Morgan fingerprint density at radius 2 is 1.95 bits per heavy atom. The summed E-state index contributed by atoms with van der Waals surface area (Å²) in [6.45, 7) is 6.31. The maximum absolute atomic E-state index is 12.1. The van der Waals surface area contributed by atoms with E-state index in [0.29, 0.717) is 34.6 Å². The third kappa shape index (κ3) is 3.57. The summed E-state index contributed by atoms with van der Waals surface area (Å²) in [4.78, 5) is 14.1. The number of nitrogen functional groups attached to an aromatic ring is 1. The summed E-state index contributed by atoms with van der Waals surface area (Å²) in [5, 5.41) is 0.474. The first kappa shape index (κ1) is 16.6. The van der Waals surface area contributed by atoms with Crippen LogP contribution in [0.1, 0.15) is 44.0 Å². The lowest BCUT2D eigenvalue weighted by Crippen LogP contribution is -2.32. The molecule has 0 bridgehead atoms. The lowest BCUT2D eigenvalue weighted by Gasteiger charge is -2.30. The largest absolute Gasteiger partial charge is 0.462 e. The summed E-state index contributed by atoms with van der Waals surface area (Å²) in [5.41, 5.74) is 7.36. The second-order valence-corrected chi connectivity index (χ2v) is 5.11. The zero-order valence-electron chi connectivity index (χ0n) is 12.6. The smallest absolute Gasteiger partial charge is 0.340 e. The maximum atomic E-state index is 12.1. The first-order valence-electron chi connectivity index (χ1n) is 6.95. The molecule has 20 heavy (non-hydrogen) atoms. The molecule has 0 atom stereocenters. The molecule has 4 nitrogen and oxygen atoms in total. The van der Waals surface area contributed by atoms with Crippen molar-refractivity contribution in [1.82, 2.24) is 0 Å². The van der Waals surface area contributed by atoms with Crippen molar-refractivity contribution < 1.29 is 9.53 Å². The third-order valence-electron chi connectivity index (χ3n) is 3.42. The summed E-state index contributed by atoms with van der Waals surface area (Å²) < 4.78 is 5.10. The van der Waals surface area contributed by atoms with Crippen molar-refractivity contribution in [2.45, 2.75) is 39.7 Å². The molecule has 0 aliphatic heterocycles. The molecular formula is C15H23ClN2O2. The van der Waals surface area contributed by atoms with Gasteiger partial charge in [0, 0.05) is 18.8 Å². The van der Waals surface area contributed by atoms with Crippen LogP contribution in [0.2, 0.25) is 5.02 Å². The molecule has 0 aliphatic carbocycles. The minimum atomic E-state index is -0.394. The molecule has 1 rings (SSSR count). The van der Waals surface area contributed by atoms with E-state index in [0.717, 1.165) is 12.8 Å². The van der Waals surface area contributed by atoms with Gasteiger partial charge in [-0.05, 0) is 31.9 Å². The quantitative estimate of drug-likeness (QED) is 0.642. The van der Waals surface area contributed by atoms with Gasteiger partial charge >= 0.3 is 5.97 Å². The van der Waals surface area contributed by atoms with Crippen molar-refractivity contribution in [2.75, 3.05) is 24.3 Å². The van der Waals surface area contributed by atoms with Gasteiger partial charge in [0.05, 0.1) is 22.9 Å². The van der Waals surface area contributed by atoms with Crippen LogP contribution in [0, 0.1) is 0 Å². The average Bonchev–Trinajstić information content (AvgIpc) is 2.39. The number of halogens is 1. The Balaban J connectivity index is 3.32. The van der Waals surface area contributed by atoms with Gasteiger partial charge in [-0.2, -0.15) is 0 Å². The Morgan fingerprint density at radius 1 is 1.35 bits per heavy atom. The molecule has 5 heteroatoms. The Kier molecular flexibility index (Phi) is 6.14. The van der Waals surface area contributed by atoms with Gasteiger partial charge in [-0.25, -0.2) is 4.79 Å². The van der Waals surface area contributed by atoms with Gasteiger partial charge in [-0.15, -0.1) is 0 Å². The van der Waals surface area contributed by atoms with Gasteiger partial charge in [0.25, 0.3) is 0 Å². The van der Waals surface area contributed by atoms with Gasteiger partial charge in [-0.3, -0.25) is 0 Å². The molecule has 0 radical (unpaired) electrons. The van der Waals surface area contributed by atoms with Gasteiger partial charge in [0.2, 0.25) is 0 Å². The lowest BCUT2D eigenvalue weighted by atomic mass is 10.1. The van der Waals surface area contributed by atoms with E-state index < -0.39 is 5.97 Å². The molecule has 112 valence electrons. The van der Waals surface area contributed by atoms with Crippen LogP contribution >= 0.6 is 11.6 Å². The molecule has 0 heterocycles. The second kappa shape index (κ2) is 7.39. The minimum Gasteiger partial charge on any atom is -0.462 e. The van der Waals surface area contributed by atoms with Crippen LogP contribution in [-0.2, 0) is 4.74 Å². The van der Waals surface area contributed by atoms with Gasteiger partial charge in [0.1, 0.15) is 0 Å². The van der Waals surface area contributed by atoms with E-state index >= 15 is 0 Å². The fraction of sp³-hybridized carbons (Fsp3) is 0.533. The van der Waals surface area contributed by atoms with Crippen molar-refractivity contribution in [1.29, 1.82) is 0 Å². The van der Waals surface area contributed by atoms with Gasteiger partial charge < -0.3 is 15.4 Å². The van der Waals surface area contributed by atoms with E-state index in [1.54, 1.807) is 19.1 Å². The molecule has 0 saturated heterocycles. The highest BCUT2D eigenvalue weighted by atomic mass is 35.5. The van der Waals surface area contributed by atoms with Crippen molar-refractivity contribution in [3.05, 3.63) is 22.7 Å². The van der Waals surface area contributed by atoms with E-state index in [-0.39, 0.29) is 0 Å². The predicted molar refractivity (Wildman–Crippen MR) is 84.6 cm³/mol. The molecule has 0 fully saturated rings. The second-order valence-electron chi connectivity index (χ2n) is 4.70. The summed E-state index contributed by atoms with van der Waals surface area (Å²) in [5.74, 6) is -0.394. The highest BCUT2D eigenvalue weighted by Gasteiger charge is 2.23. The van der Waals surface area contributed by atoms with Crippen molar-refractivity contribution in [3.8, 4) is 0 Å². The molecule has 0 aliphatic rings. The zero-order chi connectivity index (χ0) is 15.3. The number of carbonyl (C=O) groups excluding carboxylic acids is 1. The van der Waals surface area contributed by atoms with E-state index in [2.05, 4.69) is 13.8 Å². The molecule has 0 spiro atoms. The van der Waals surface area contributed by atoms with Crippen LogP contribution in [0.25, 0.3) is 0 Å². The van der Waals surface area contributed by atoms with Gasteiger partial charge in [0.15, 0.2) is 0 Å². The highest BCUT2D eigenvalue weighted by molar-refractivity contribution is 6.34. The summed E-state index contributed by atoms with van der Waals surface area (Å²) in [6, 6.07) is 3.60. The minimum absolute atomic E-state index is 0.310. The molecule has 0 amide bonds. The lowest BCUT2D eigenvalue weighted by molar-refractivity contribution is 0.0527. The molecule has 0 saturated carbocycles. The van der Waals surface area contributed by atoms with Crippen LogP contribution in [0.4, 0.5) is 11.4 Å². The standard InChI is InChI=1S/C15H23ClN2O2/c1-5-11(6-2)18(4)14-12(15(19)20-7-3)8-10(17)9-13(14)16/h8-9,11H,5-7,17H2,1-4H3. The van der Waals surface area contributed by atoms with Crippen molar-refractivity contribution >= 4 is 28.9 Å². The third-order valence-corrected chi connectivity index (χ3v) is 3.71. The van der Waals surface area contributed by atoms with Crippen LogP contribution in [-0.4, -0.2) is 25.7 Å². The topological polar surface area (TPSA) is 55.6 Å². The Labute approximate surface area is 125 Å². The Morgan fingerprint density at radius 3 is 2.45 bits per heavy atom. The highest BCUT2D eigenvalue weighted by Crippen LogP contribution is 2.34. The SMILES string of the molecule is CCOC(=O)c1cc(N)cc(Cl)c1N(C)C(CC)CC. The zero-order valence-corrected chi connectivity index (χ0v) is 13.3. The van der Waals surface area contributed by atoms with Crippen molar-refractivity contribution in [3.63, 3.8) is 0 Å². The van der Waals surface area contributed by atoms with E-state index in [4.69, 9.17) is 22.1 Å². The first-order valence-corrected chi connectivity index (χ1v) is 7.32. The number of nitrogens with two attached hydrogens (primary N) is 1. The number of esters is 1. The molecule has 0 aromatic heterocycles. The number of hydrogen-bond donors (Lipinski definition) is 1. The number of rotatable bonds is 6. The summed E-state index contributed by atoms with van der Waals surface area (Å²) >= 11 is 6.30. The number of anilines is 2. The summed E-state index contributed by atoms with van der Waals surface area (Å²) in [6.07, 6.45) is 1.94. The maximum Gasteiger partial charge on any atom is 0.340 e. The Hall–Kier alpha value is -1.42. The number of ether oxygens (including phenoxy) is 1. The van der Waals surface area contributed by atoms with Gasteiger partial charge in [-0.1, -0.05) is 25.4 Å². The van der Waals surface area contributed by atoms with E-state index in [1.165, 1.54) is 0 Å². The molecule has 0 unspecified atom stereocenters. The van der Waals surface area contributed by atoms with Crippen LogP contribution in [0.15, 0.2) is 12.1 Å². The van der Waals surface area contributed by atoms with Crippen LogP contribution in [0.5, 0.6) is 0 Å². The van der Waals surface area contributed by atoms with E-state index in [9.17, 15) is 4.79 Å². The van der Waals surface area contributed by atoms with Crippen LogP contribution < -0.4 is 10.6 Å². The number of carbonyl (C=O) groups is 1. The first-order chi connectivity index (χ1) is 9.46. The fourth-order valence-electron chi connectivity index (χ4n) is 2.36. The number of benzene rings is 1. The fourth-order valence-corrected chi connectivity index (χ4v) is 2.72. The number of nitrogens with zero attached hydrogens (tertiary/aromatic N) is 1. The van der Waals surface area contributed by atoms with E-state index in [1.807, 2.05) is 11.9 Å². The monoisotopic (exact) mass is 298 g/mol. The molecular weight excluding hydrogens is 276 g/mol. The molecule has 1 aromatic rings. The van der Waals surface area contributed by atoms with Crippen molar-refractivity contribution in [2.24, 2.45) is 0 Å². The molecule has 1 aromatic carbocycles. The molecule has 2 N–H and O–H groups in total. The predicted octanol–water partition coefficient (Wildman–Crippen LogP) is 3.72. The Bertz CT molecular complexity index is 473. The normalized spacial score (nSPS) is 10.7.